The van der Waals surface area contributed by atoms with Gasteiger partial charge < -0.3 is 4.84 Å². The maximum Gasteiger partial charge on any atom is 0.233 e. The molecule has 19 heavy (non-hydrogen) atoms. The van der Waals surface area contributed by atoms with Crippen LogP contribution in [0.15, 0.2) is 53.9 Å². The summed E-state index contributed by atoms with van der Waals surface area (Å²) in [5.74, 6) is 0. The van der Waals surface area contributed by atoms with Gasteiger partial charge in [-0.15, -0.1) is 0 Å². The summed E-state index contributed by atoms with van der Waals surface area (Å²) in [6, 6.07) is 11.0. The van der Waals surface area contributed by atoms with Gasteiger partial charge in [-0.05, 0) is 17.7 Å². The molecule has 0 bridgehead atoms. The molecule has 0 fully saturated rings. The van der Waals surface area contributed by atoms with Gasteiger partial charge in [0, 0.05) is 29.9 Å². The lowest BCUT2D eigenvalue weighted by molar-refractivity contribution is 0.0857. The summed E-state index contributed by atoms with van der Waals surface area (Å²) < 4.78 is 0. The van der Waals surface area contributed by atoms with E-state index in [0.29, 0.717) is 12.0 Å². The Morgan fingerprint density at radius 1 is 1.11 bits per heavy atom. The van der Waals surface area contributed by atoms with Crippen LogP contribution in [0.2, 0.25) is 0 Å². The number of carbonyl (C=O) groups excluding carboxylic acids is 1. The first kappa shape index (κ1) is 11.6. The van der Waals surface area contributed by atoms with Gasteiger partial charge in [0.2, 0.25) is 6.29 Å². The minimum Gasteiger partial charge on any atom is -0.387 e. The van der Waals surface area contributed by atoms with E-state index in [1.54, 1.807) is 24.5 Å². The second-order valence-electron chi connectivity index (χ2n) is 4.30. The Hall–Kier alpha value is -2.49. The summed E-state index contributed by atoms with van der Waals surface area (Å²) in [7, 11) is 0. The van der Waals surface area contributed by atoms with E-state index in [1.807, 2.05) is 30.6 Å². The molecule has 1 aliphatic heterocycles. The topological polar surface area (TPSA) is 51.5 Å². The van der Waals surface area contributed by atoms with Crippen LogP contribution in [0, 0.1) is 0 Å². The number of pyridine rings is 1. The Morgan fingerprint density at radius 2 is 1.84 bits per heavy atom. The van der Waals surface area contributed by atoms with Crippen LogP contribution in [-0.2, 0) is 9.63 Å². The van der Waals surface area contributed by atoms with E-state index >= 15 is 0 Å². The van der Waals surface area contributed by atoms with E-state index in [0.717, 1.165) is 16.8 Å². The number of hydrogen-bond acceptors (Lipinski definition) is 4. The van der Waals surface area contributed by atoms with Gasteiger partial charge in [-0.1, -0.05) is 29.4 Å². The molecule has 4 heteroatoms. The molecular weight excluding hydrogens is 240 g/mol. The molecule has 4 nitrogen and oxygen atoms in total. The first-order valence-electron chi connectivity index (χ1n) is 5.98. The number of benzene rings is 1. The summed E-state index contributed by atoms with van der Waals surface area (Å²) in [5, 5.41) is 4.12. The van der Waals surface area contributed by atoms with E-state index in [2.05, 4.69) is 10.1 Å². The van der Waals surface area contributed by atoms with Gasteiger partial charge in [0.1, 0.15) is 0 Å². The third kappa shape index (κ3) is 2.38. The SMILES string of the molecule is O=[C]c1ccc(C2CC(c3ccncc3)=NO2)cc1. The van der Waals surface area contributed by atoms with Crippen LogP contribution in [0.5, 0.6) is 0 Å². The molecule has 1 atom stereocenters. The van der Waals surface area contributed by atoms with Crippen LogP contribution in [-0.4, -0.2) is 17.0 Å². The lowest BCUT2D eigenvalue weighted by Crippen LogP contribution is -2.01. The van der Waals surface area contributed by atoms with E-state index in [4.69, 9.17) is 4.84 Å². The highest BCUT2D eigenvalue weighted by Gasteiger charge is 2.23. The van der Waals surface area contributed by atoms with Gasteiger partial charge in [0.05, 0.1) is 5.71 Å². The molecule has 2 aromatic rings. The number of nitrogens with zero attached hydrogens (tertiary/aromatic N) is 2. The summed E-state index contributed by atoms with van der Waals surface area (Å²) >= 11 is 0. The van der Waals surface area contributed by atoms with Crippen molar-refractivity contribution in [1.29, 1.82) is 0 Å². The van der Waals surface area contributed by atoms with Crippen molar-refractivity contribution in [2.45, 2.75) is 12.5 Å². The van der Waals surface area contributed by atoms with Crippen molar-refractivity contribution < 1.29 is 9.63 Å². The lowest BCUT2D eigenvalue weighted by Gasteiger charge is -2.08. The minimum absolute atomic E-state index is 0.0936. The zero-order chi connectivity index (χ0) is 13.1. The molecule has 0 spiro atoms. The van der Waals surface area contributed by atoms with Gasteiger partial charge in [0.25, 0.3) is 0 Å². The van der Waals surface area contributed by atoms with Gasteiger partial charge in [-0.3, -0.25) is 9.78 Å². The Kier molecular flexibility index (Phi) is 3.06. The number of oxime groups is 1. The molecule has 0 N–H and O–H groups in total. The number of rotatable bonds is 3. The van der Waals surface area contributed by atoms with Crippen molar-refractivity contribution in [2.24, 2.45) is 5.16 Å². The molecule has 0 aliphatic carbocycles. The summed E-state index contributed by atoms with van der Waals surface area (Å²) in [6.45, 7) is 0. The van der Waals surface area contributed by atoms with Crippen molar-refractivity contribution in [1.82, 2.24) is 4.98 Å². The van der Waals surface area contributed by atoms with Crippen molar-refractivity contribution in [3.05, 3.63) is 65.5 Å². The minimum atomic E-state index is -0.0936. The summed E-state index contributed by atoms with van der Waals surface area (Å²) in [4.78, 5) is 19.9. The largest absolute Gasteiger partial charge is 0.387 e. The van der Waals surface area contributed by atoms with Crippen LogP contribution >= 0.6 is 0 Å². The monoisotopic (exact) mass is 251 g/mol. The third-order valence-corrected chi connectivity index (χ3v) is 3.08. The Labute approximate surface area is 110 Å². The zero-order valence-corrected chi connectivity index (χ0v) is 10.1. The summed E-state index contributed by atoms with van der Waals surface area (Å²) in [6.07, 6.45) is 5.95. The fourth-order valence-electron chi connectivity index (χ4n) is 2.04. The van der Waals surface area contributed by atoms with Crippen LogP contribution in [0.1, 0.15) is 29.2 Å². The van der Waals surface area contributed by atoms with Crippen molar-refractivity contribution >= 4 is 12.0 Å². The molecule has 0 saturated carbocycles. The molecule has 1 radical (unpaired) electrons. The van der Waals surface area contributed by atoms with Crippen LogP contribution in [0.3, 0.4) is 0 Å². The normalized spacial score (nSPS) is 17.7. The van der Waals surface area contributed by atoms with Crippen LogP contribution in [0.4, 0.5) is 0 Å². The van der Waals surface area contributed by atoms with Gasteiger partial charge >= 0.3 is 0 Å². The maximum atomic E-state index is 10.5. The standard InChI is InChI=1S/C15H11N2O2/c18-10-11-1-3-13(4-2-11)15-9-14(17-19-15)12-5-7-16-8-6-12/h1-8,15H,9H2. The van der Waals surface area contributed by atoms with E-state index in [1.165, 1.54) is 0 Å². The highest BCUT2D eigenvalue weighted by molar-refractivity contribution is 6.01. The van der Waals surface area contributed by atoms with E-state index < -0.39 is 0 Å². The first-order chi connectivity index (χ1) is 9.36. The number of aromatic nitrogens is 1. The maximum absolute atomic E-state index is 10.5. The van der Waals surface area contributed by atoms with Crippen LogP contribution < -0.4 is 0 Å². The molecule has 93 valence electrons. The summed E-state index contributed by atoms with van der Waals surface area (Å²) in [5.41, 5.74) is 3.48. The second kappa shape index (κ2) is 5.02. The molecule has 1 aliphatic rings. The molecule has 0 saturated heterocycles. The van der Waals surface area contributed by atoms with Crippen molar-refractivity contribution in [2.75, 3.05) is 0 Å². The van der Waals surface area contributed by atoms with Gasteiger partial charge in [0.15, 0.2) is 6.10 Å². The zero-order valence-electron chi connectivity index (χ0n) is 10.1. The molecular formula is C15H11N2O2. The van der Waals surface area contributed by atoms with E-state index in [9.17, 15) is 4.79 Å². The smallest absolute Gasteiger partial charge is 0.233 e. The first-order valence-corrected chi connectivity index (χ1v) is 5.98. The highest BCUT2D eigenvalue weighted by atomic mass is 16.6. The molecule has 3 rings (SSSR count). The fourth-order valence-corrected chi connectivity index (χ4v) is 2.04. The van der Waals surface area contributed by atoms with E-state index in [-0.39, 0.29) is 6.10 Å². The molecule has 2 heterocycles. The molecule has 1 aromatic heterocycles. The highest BCUT2D eigenvalue weighted by Crippen LogP contribution is 2.29. The Balaban J connectivity index is 1.75. The van der Waals surface area contributed by atoms with Gasteiger partial charge in [-0.2, -0.15) is 0 Å². The fraction of sp³-hybridized carbons (Fsp3) is 0.133. The number of hydrogen-bond donors (Lipinski definition) is 0. The third-order valence-electron chi connectivity index (χ3n) is 3.08. The predicted octanol–water partition coefficient (Wildman–Crippen LogP) is 2.41. The average molecular weight is 251 g/mol. The molecule has 1 unspecified atom stereocenters. The second-order valence-corrected chi connectivity index (χ2v) is 4.30. The lowest BCUT2D eigenvalue weighted by atomic mass is 10.0. The van der Waals surface area contributed by atoms with Crippen molar-refractivity contribution in [3.8, 4) is 0 Å². The van der Waals surface area contributed by atoms with Crippen molar-refractivity contribution in [3.63, 3.8) is 0 Å². The molecule has 0 amide bonds. The Bertz CT molecular complexity index is 606. The Morgan fingerprint density at radius 3 is 2.53 bits per heavy atom. The quantitative estimate of drug-likeness (QED) is 0.841. The molecule has 1 aromatic carbocycles. The average Bonchev–Trinajstić information content (AvgIpc) is 2.98. The predicted molar refractivity (Wildman–Crippen MR) is 70.5 cm³/mol. The van der Waals surface area contributed by atoms with Gasteiger partial charge in [-0.25, -0.2) is 0 Å². The van der Waals surface area contributed by atoms with Crippen LogP contribution in [0.25, 0.3) is 0 Å².